The average Bonchev–Trinajstić information content (AvgIpc) is 3.17. The second kappa shape index (κ2) is 8.19. The van der Waals surface area contributed by atoms with E-state index in [0.29, 0.717) is 22.5 Å². The lowest BCUT2D eigenvalue weighted by molar-refractivity contribution is -0.164. The van der Waals surface area contributed by atoms with E-state index in [-0.39, 0.29) is 16.0 Å². The van der Waals surface area contributed by atoms with Gasteiger partial charge < -0.3 is 9.84 Å². The smallest absolute Gasteiger partial charge is 0.287 e. The Morgan fingerprint density at radius 3 is 2.50 bits per heavy atom. The molecule has 1 aromatic heterocycles. The van der Waals surface area contributed by atoms with Crippen molar-refractivity contribution >= 4 is 22.5 Å². The summed E-state index contributed by atoms with van der Waals surface area (Å²) in [5.41, 5.74) is -3.13. The Bertz CT molecular complexity index is 1220. The number of amides is 1. The monoisotopic (exact) mass is 447 g/mol. The number of hydrazone groups is 1. The fourth-order valence-electron chi connectivity index (χ4n) is 3.56. The first-order valence-corrected chi connectivity index (χ1v) is 9.50. The number of hydrogen-bond donors (Lipinski definition) is 1. The van der Waals surface area contributed by atoms with Gasteiger partial charge in [0.1, 0.15) is 11.5 Å². The summed E-state index contributed by atoms with van der Waals surface area (Å²) in [7, 11) is 1.46. The Balaban J connectivity index is 1.91. The number of alkyl halides is 4. The summed E-state index contributed by atoms with van der Waals surface area (Å²) in [5.74, 6) is -0.699. The number of pyridine rings is 1. The van der Waals surface area contributed by atoms with Crippen LogP contribution in [0.5, 0.6) is 5.75 Å². The number of ether oxygens (including phenoxy) is 1. The van der Waals surface area contributed by atoms with Gasteiger partial charge in [0.05, 0.1) is 23.9 Å². The van der Waals surface area contributed by atoms with Gasteiger partial charge in [0.15, 0.2) is 0 Å². The van der Waals surface area contributed by atoms with E-state index in [1.165, 1.54) is 19.2 Å². The van der Waals surface area contributed by atoms with Crippen LogP contribution in [0.2, 0.25) is 0 Å². The molecule has 1 atom stereocenters. The van der Waals surface area contributed by atoms with Crippen molar-refractivity contribution < 1.29 is 32.2 Å². The van der Waals surface area contributed by atoms with Crippen LogP contribution in [0.1, 0.15) is 16.8 Å². The molecular weight excluding hydrogens is 430 g/mol. The number of hydrogen-bond acceptors (Lipinski definition) is 5. The highest BCUT2D eigenvalue weighted by molar-refractivity contribution is 6.08. The fraction of sp³-hybridized carbons (Fsp3) is 0.227. The Morgan fingerprint density at radius 2 is 1.81 bits per heavy atom. The number of fused-ring (bicyclic) bond motifs is 1. The van der Waals surface area contributed by atoms with Crippen LogP contribution in [0.3, 0.4) is 0 Å². The summed E-state index contributed by atoms with van der Waals surface area (Å²) in [5, 5.41) is 14.1. The topological polar surface area (TPSA) is 75.0 Å². The van der Waals surface area contributed by atoms with Crippen LogP contribution in [0.4, 0.5) is 17.6 Å². The van der Waals surface area contributed by atoms with Crippen LogP contribution in [-0.4, -0.2) is 52.4 Å². The third-order valence-corrected chi connectivity index (χ3v) is 5.16. The number of nitrogens with zero attached hydrogens (tertiary/aromatic N) is 3. The Labute approximate surface area is 179 Å². The molecule has 6 nitrogen and oxygen atoms in total. The van der Waals surface area contributed by atoms with E-state index < -0.39 is 36.6 Å². The van der Waals surface area contributed by atoms with E-state index in [2.05, 4.69) is 10.1 Å². The summed E-state index contributed by atoms with van der Waals surface area (Å²) in [6.07, 6.45) is -7.87. The van der Waals surface area contributed by atoms with E-state index in [9.17, 15) is 27.5 Å². The highest BCUT2D eigenvalue weighted by Crippen LogP contribution is 2.37. The predicted molar refractivity (Wildman–Crippen MR) is 109 cm³/mol. The lowest BCUT2D eigenvalue weighted by Crippen LogP contribution is -2.51. The van der Waals surface area contributed by atoms with Crippen molar-refractivity contribution in [3.8, 4) is 17.0 Å². The number of aromatic nitrogens is 1. The van der Waals surface area contributed by atoms with Crippen LogP contribution in [0, 0.1) is 0 Å². The van der Waals surface area contributed by atoms with Gasteiger partial charge in [-0.15, -0.1) is 0 Å². The molecule has 10 heteroatoms. The third-order valence-electron chi connectivity index (χ3n) is 5.16. The maximum Gasteiger partial charge on any atom is 0.287 e. The second-order valence-electron chi connectivity index (χ2n) is 7.14. The van der Waals surface area contributed by atoms with Gasteiger partial charge >= 0.3 is 0 Å². The molecule has 0 aliphatic carbocycles. The zero-order chi connectivity index (χ0) is 23.0. The number of carbonyl (C=O) groups is 1. The lowest BCUT2D eigenvalue weighted by Gasteiger charge is -2.30. The van der Waals surface area contributed by atoms with Crippen molar-refractivity contribution in [3.05, 3.63) is 60.2 Å². The number of para-hydroxylation sites is 2. The maximum atomic E-state index is 13.7. The molecule has 0 bridgehead atoms. The molecule has 4 rings (SSSR count). The predicted octanol–water partition coefficient (Wildman–Crippen LogP) is 4.33. The molecule has 1 unspecified atom stereocenters. The number of benzene rings is 2. The molecular formula is C22H17F4N3O3. The SMILES string of the molecule is COc1ccccc1-c1cc(C(=O)N2N=C(C(F)F)CC2(O)C(F)F)c2ccccc2n1. The van der Waals surface area contributed by atoms with E-state index in [1.807, 2.05) is 0 Å². The first-order chi connectivity index (χ1) is 15.3. The quantitative estimate of drug-likeness (QED) is 0.591. The van der Waals surface area contributed by atoms with Gasteiger partial charge in [0.25, 0.3) is 18.8 Å². The zero-order valence-electron chi connectivity index (χ0n) is 16.7. The van der Waals surface area contributed by atoms with Gasteiger partial charge in [-0.1, -0.05) is 30.3 Å². The number of carbonyl (C=O) groups excluding carboxylic acids is 1. The summed E-state index contributed by atoms with van der Waals surface area (Å²) >= 11 is 0. The van der Waals surface area contributed by atoms with Gasteiger partial charge in [-0.05, 0) is 24.3 Å². The Kier molecular flexibility index (Phi) is 5.55. The number of halogens is 4. The molecule has 1 amide bonds. The number of rotatable bonds is 5. The molecule has 166 valence electrons. The van der Waals surface area contributed by atoms with Crippen molar-refractivity contribution in [3.63, 3.8) is 0 Å². The normalized spacial score (nSPS) is 18.5. The molecule has 32 heavy (non-hydrogen) atoms. The highest BCUT2D eigenvalue weighted by Gasteiger charge is 2.53. The molecule has 0 fully saturated rings. The Morgan fingerprint density at radius 1 is 1.12 bits per heavy atom. The van der Waals surface area contributed by atoms with Crippen molar-refractivity contribution in [1.29, 1.82) is 0 Å². The van der Waals surface area contributed by atoms with E-state index in [4.69, 9.17) is 4.74 Å². The largest absolute Gasteiger partial charge is 0.496 e. The van der Waals surface area contributed by atoms with Crippen LogP contribution < -0.4 is 4.74 Å². The molecule has 1 aliphatic heterocycles. The summed E-state index contributed by atoms with van der Waals surface area (Å²) in [4.78, 5) is 17.8. The second-order valence-corrected chi connectivity index (χ2v) is 7.14. The molecule has 0 saturated carbocycles. The first kappa shape index (κ1) is 21.7. The number of methoxy groups -OCH3 is 1. The summed E-state index contributed by atoms with van der Waals surface area (Å²) < 4.78 is 59.0. The zero-order valence-corrected chi connectivity index (χ0v) is 16.7. The third kappa shape index (κ3) is 3.56. The summed E-state index contributed by atoms with van der Waals surface area (Å²) in [6, 6.07) is 14.6. The van der Waals surface area contributed by atoms with Crippen molar-refractivity contribution in [2.45, 2.75) is 25.0 Å². The molecule has 0 radical (unpaired) electrons. The maximum absolute atomic E-state index is 13.7. The van der Waals surface area contributed by atoms with Crippen molar-refractivity contribution in [2.24, 2.45) is 5.10 Å². The van der Waals surface area contributed by atoms with E-state index >= 15 is 0 Å². The highest BCUT2D eigenvalue weighted by atomic mass is 19.3. The minimum absolute atomic E-state index is 0.0486. The van der Waals surface area contributed by atoms with Gasteiger partial charge in [-0.25, -0.2) is 22.5 Å². The summed E-state index contributed by atoms with van der Waals surface area (Å²) in [6.45, 7) is 0. The molecule has 1 aliphatic rings. The van der Waals surface area contributed by atoms with Crippen molar-refractivity contribution in [1.82, 2.24) is 9.99 Å². The average molecular weight is 447 g/mol. The van der Waals surface area contributed by atoms with E-state index in [1.54, 1.807) is 42.5 Å². The van der Waals surface area contributed by atoms with Gasteiger partial charge in [0.2, 0.25) is 5.72 Å². The molecule has 0 saturated heterocycles. The molecule has 3 aromatic rings. The van der Waals surface area contributed by atoms with Crippen LogP contribution in [0.15, 0.2) is 59.7 Å². The lowest BCUT2D eigenvalue weighted by atomic mass is 10.0. The standard InChI is InChI=1S/C22H17F4N3O3/c1-32-18-9-5-3-7-13(18)16-10-14(12-6-2-4-8-15(12)27-16)20(30)29-22(31,21(25)26)11-17(28-29)19(23)24/h2-10,19,21,31H,11H2,1H3. The van der Waals surface area contributed by atoms with Crippen molar-refractivity contribution in [2.75, 3.05) is 7.11 Å². The molecule has 2 aromatic carbocycles. The fourth-order valence-corrected chi connectivity index (χ4v) is 3.56. The molecule has 2 heterocycles. The molecule has 1 N–H and O–H groups in total. The Hall–Kier alpha value is -3.53. The minimum Gasteiger partial charge on any atom is -0.496 e. The minimum atomic E-state index is -3.52. The van der Waals surface area contributed by atoms with Crippen LogP contribution in [-0.2, 0) is 0 Å². The van der Waals surface area contributed by atoms with Gasteiger partial charge in [-0.3, -0.25) is 4.79 Å². The van der Waals surface area contributed by atoms with Crippen LogP contribution in [0.25, 0.3) is 22.2 Å². The first-order valence-electron chi connectivity index (χ1n) is 9.50. The van der Waals surface area contributed by atoms with Crippen LogP contribution >= 0.6 is 0 Å². The van der Waals surface area contributed by atoms with Gasteiger partial charge in [0, 0.05) is 17.4 Å². The number of aliphatic hydroxyl groups is 1. The van der Waals surface area contributed by atoms with E-state index in [0.717, 1.165) is 0 Å². The van der Waals surface area contributed by atoms with Gasteiger partial charge in [-0.2, -0.15) is 10.1 Å². The molecule has 0 spiro atoms.